The number of nitrogens with zero attached hydrogens (tertiary/aromatic N) is 4. The van der Waals surface area contributed by atoms with E-state index >= 15 is 0 Å². The number of pyridine rings is 1. The molecule has 0 amide bonds. The summed E-state index contributed by atoms with van der Waals surface area (Å²) in [6.07, 6.45) is 1.94. The first-order chi connectivity index (χ1) is 15.3. The number of aromatic nitrogens is 3. The van der Waals surface area contributed by atoms with Gasteiger partial charge in [0.1, 0.15) is 23.3 Å². The van der Waals surface area contributed by atoms with Crippen LogP contribution in [-0.2, 0) is 6.42 Å². The molecule has 0 aliphatic rings. The minimum atomic E-state index is -0.380. The molecule has 1 unspecified atom stereocenters. The first kappa shape index (κ1) is 23.1. The van der Waals surface area contributed by atoms with Crippen molar-refractivity contribution in [2.75, 3.05) is 11.5 Å². The Kier molecular flexibility index (Phi) is 7.04. The van der Waals surface area contributed by atoms with Gasteiger partial charge in [0.25, 0.3) is 5.56 Å². The van der Waals surface area contributed by atoms with Crippen LogP contribution in [-0.4, -0.2) is 14.5 Å². The minimum Gasteiger partial charge on any atom is -0.382 e. The predicted molar refractivity (Wildman–Crippen MR) is 129 cm³/mol. The Balaban J connectivity index is 0.000000243. The van der Waals surface area contributed by atoms with Crippen molar-refractivity contribution in [2.24, 2.45) is 0 Å². The van der Waals surface area contributed by atoms with E-state index in [0.717, 1.165) is 16.4 Å². The van der Waals surface area contributed by atoms with Crippen molar-refractivity contribution in [1.29, 1.82) is 5.26 Å². The van der Waals surface area contributed by atoms with E-state index in [-0.39, 0.29) is 28.7 Å². The lowest BCUT2D eigenvalue weighted by Crippen LogP contribution is -2.25. The van der Waals surface area contributed by atoms with Gasteiger partial charge < -0.3 is 11.5 Å². The average Bonchev–Trinajstić information content (AvgIpc) is 2.76. The van der Waals surface area contributed by atoms with Gasteiger partial charge in [-0.25, -0.2) is 9.37 Å². The zero-order chi connectivity index (χ0) is 23.4. The van der Waals surface area contributed by atoms with Gasteiger partial charge in [0.05, 0.1) is 22.3 Å². The van der Waals surface area contributed by atoms with Gasteiger partial charge in [0.15, 0.2) is 0 Å². The van der Waals surface area contributed by atoms with Gasteiger partial charge in [0.2, 0.25) is 5.95 Å². The predicted octanol–water partition coefficient (Wildman–Crippen LogP) is 3.36. The fraction of sp³-hybridized carbons (Fsp3) is 0.0909. The maximum absolute atomic E-state index is 13.6. The molecule has 0 saturated heterocycles. The van der Waals surface area contributed by atoms with Crippen molar-refractivity contribution >= 4 is 48.7 Å². The van der Waals surface area contributed by atoms with Gasteiger partial charge in [0, 0.05) is 5.69 Å². The third kappa shape index (κ3) is 4.70. The molecule has 2 heterocycles. The number of rotatable bonds is 2. The molecule has 162 valence electrons. The highest BCUT2D eigenvalue weighted by molar-refractivity contribution is 7.27. The first-order valence-electron chi connectivity index (χ1n) is 9.43. The van der Waals surface area contributed by atoms with Gasteiger partial charge in [-0.15, -0.1) is 9.24 Å². The summed E-state index contributed by atoms with van der Waals surface area (Å²) in [6.45, 7) is 1.96. The zero-order valence-electron chi connectivity index (χ0n) is 17.0. The number of aryl methyl sites for hydroxylation is 1. The van der Waals surface area contributed by atoms with Crippen LogP contribution in [0.15, 0.2) is 53.5 Å². The second-order valence-electron chi connectivity index (χ2n) is 6.68. The summed E-state index contributed by atoms with van der Waals surface area (Å²) in [7, 11) is 2.54. The Morgan fingerprint density at radius 3 is 2.66 bits per heavy atom. The van der Waals surface area contributed by atoms with E-state index in [1.165, 1.54) is 18.3 Å². The molecule has 2 aromatic carbocycles. The molecule has 0 aliphatic heterocycles. The molecule has 0 radical (unpaired) electrons. The average molecular weight is 469 g/mol. The maximum Gasteiger partial charge on any atom is 0.264 e. The van der Waals surface area contributed by atoms with E-state index in [2.05, 4.69) is 19.2 Å². The van der Waals surface area contributed by atoms with E-state index in [4.69, 9.17) is 28.3 Å². The number of fused-ring (bicyclic) bond motifs is 1. The molecule has 32 heavy (non-hydrogen) atoms. The van der Waals surface area contributed by atoms with Crippen LogP contribution >= 0.6 is 20.8 Å². The van der Waals surface area contributed by atoms with E-state index in [0.29, 0.717) is 22.5 Å². The van der Waals surface area contributed by atoms with Gasteiger partial charge in [-0.2, -0.15) is 10.2 Å². The van der Waals surface area contributed by atoms with E-state index < -0.39 is 0 Å². The molecule has 1 atom stereocenters. The Labute approximate surface area is 190 Å². The van der Waals surface area contributed by atoms with E-state index in [9.17, 15) is 9.18 Å². The van der Waals surface area contributed by atoms with Crippen LogP contribution in [0.5, 0.6) is 0 Å². The summed E-state index contributed by atoms with van der Waals surface area (Å²) in [5.74, 6) is -0.180. The number of nitrogens with two attached hydrogens (primary N) is 2. The second-order valence-corrected chi connectivity index (χ2v) is 7.71. The molecule has 0 aliphatic carbocycles. The van der Waals surface area contributed by atoms with Gasteiger partial charge in [-0.3, -0.25) is 9.36 Å². The number of benzene rings is 2. The Morgan fingerprint density at radius 2 is 2.00 bits per heavy atom. The molecular weight excluding hydrogens is 450 g/mol. The Hall–Kier alpha value is -3.53. The van der Waals surface area contributed by atoms with E-state index in [1.54, 1.807) is 16.7 Å². The van der Waals surface area contributed by atoms with Crippen LogP contribution < -0.4 is 22.3 Å². The molecule has 0 saturated carbocycles. The monoisotopic (exact) mass is 468 g/mol. The van der Waals surface area contributed by atoms with Crippen LogP contribution in [0.1, 0.15) is 18.2 Å². The van der Waals surface area contributed by atoms with Crippen LogP contribution in [0.3, 0.4) is 0 Å². The number of hydrogen-bond donors (Lipinski definition) is 2. The smallest absolute Gasteiger partial charge is 0.264 e. The lowest BCUT2D eigenvalue weighted by molar-refractivity contribution is 0.626. The van der Waals surface area contributed by atoms with Gasteiger partial charge >= 0.3 is 0 Å². The molecule has 7 nitrogen and oxygen atoms in total. The molecule has 0 spiro atoms. The summed E-state index contributed by atoms with van der Waals surface area (Å²) in [6, 6.07) is 13.5. The van der Waals surface area contributed by atoms with Crippen molar-refractivity contribution in [3.05, 3.63) is 81.1 Å². The second kappa shape index (κ2) is 9.73. The summed E-state index contributed by atoms with van der Waals surface area (Å²) < 4.78 is 15.2. The standard InChI is InChI=1S/C17H14ClFNOP.C5H5N5/c1-2-12-8-10-4-3-5-13(18)16(10)17(21)20(12)14-9-11(19)6-7-15(14)22;6-1-3-2-9-5(8)10-4(3)7/h3-9H,2,22H2,1H3;2H,(H4,7,8,9,10). The van der Waals surface area contributed by atoms with Gasteiger partial charge in [-0.1, -0.05) is 36.7 Å². The molecule has 4 rings (SSSR count). The summed E-state index contributed by atoms with van der Waals surface area (Å²) in [5.41, 5.74) is 11.8. The fourth-order valence-corrected chi connectivity index (χ4v) is 3.67. The summed E-state index contributed by atoms with van der Waals surface area (Å²) in [4.78, 5) is 20.1. The van der Waals surface area contributed by atoms with Crippen LogP contribution in [0.2, 0.25) is 5.02 Å². The largest absolute Gasteiger partial charge is 0.382 e. The van der Waals surface area contributed by atoms with Gasteiger partial charge in [-0.05, 0) is 41.4 Å². The number of nitrogen functional groups attached to an aromatic ring is 2. The Morgan fingerprint density at radius 1 is 1.25 bits per heavy atom. The third-order valence-corrected chi connectivity index (χ3v) is 5.43. The van der Waals surface area contributed by atoms with E-state index in [1.807, 2.05) is 31.2 Å². The topological polar surface area (TPSA) is 124 Å². The van der Waals surface area contributed by atoms with Crippen molar-refractivity contribution in [2.45, 2.75) is 13.3 Å². The molecule has 10 heteroatoms. The molecular formula is C22H19ClFN6OP. The first-order valence-corrected chi connectivity index (χ1v) is 10.4. The van der Waals surface area contributed by atoms with Crippen molar-refractivity contribution in [3.63, 3.8) is 0 Å². The molecule has 0 fully saturated rings. The van der Waals surface area contributed by atoms with Crippen LogP contribution in [0, 0.1) is 17.1 Å². The minimum absolute atomic E-state index is 0.0801. The number of nitriles is 1. The highest BCUT2D eigenvalue weighted by Gasteiger charge is 2.14. The van der Waals surface area contributed by atoms with Crippen LogP contribution in [0.4, 0.5) is 16.2 Å². The van der Waals surface area contributed by atoms with Crippen molar-refractivity contribution < 1.29 is 4.39 Å². The highest BCUT2D eigenvalue weighted by Crippen LogP contribution is 2.23. The Bertz CT molecular complexity index is 1420. The quantitative estimate of drug-likeness (QED) is 0.435. The fourth-order valence-electron chi connectivity index (χ4n) is 3.10. The number of anilines is 2. The van der Waals surface area contributed by atoms with Crippen molar-refractivity contribution in [3.8, 4) is 11.8 Å². The van der Waals surface area contributed by atoms with Crippen LogP contribution in [0.25, 0.3) is 16.5 Å². The number of hydrogen-bond acceptors (Lipinski definition) is 6. The number of halogens is 2. The lowest BCUT2D eigenvalue weighted by Gasteiger charge is -2.16. The normalized spacial score (nSPS) is 10.3. The molecule has 0 bridgehead atoms. The molecule has 4 N–H and O–H groups in total. The maximum atomic E-state index is 13.6. The highest BCUT2D eigenvalue weighted by atomic mass is 35.5. The van der Waals surface area contributed by atoms with Crippen molar-refractivity contribution in [1.82, 2.24) is 14.5 Å². The molecule has 2 aromatic heterocycles. The summed E-state index contributed by atoms with van der Waals surface area (Å²) >= 11 is 6.20. The summed E-state index contributed by atoms with van der Waals surface area (Å²) in [5, 5.41) is 10.8. The third-order valence-electron chi connectivity index (χ3n) is 4.63. The zero-order valence-corrected chi connectivity index (χ0v) is 18.9. The lowest BCUT2D eigenvalue weighted by atomic mass is 10.1. The molecule has 4 aromatic rings. The SMILES string of the molecule is CCc1cc2cccc(Cl)c2c(=O)n1-c1cc(F)ccc1P.N#Cc1cnc(N)nc1N.